The Morgan fingerprint density at radius 2 is 0.355 bits per heavy atom. The standard InChI is InChI=1S/C66H68O10/c1-61(2,3)31-19-37-49(67)38(20-31)52(70)42-24-34(64(10,11)12)28-46-56(74)48-30-36(66(16,17)18)26-44(60(48)76-58(42)46)54(72)40-22-32(62(4,5)6)21-39(50(40)68)53(71)43-25-35(65(13,14)15)29-47-55(73)45-27-33(63(7,8)9)23-41(51(37)69)57(45)75-59(43)47/h19-30,67-68H,1-18H3. The first-order valence-electron chi connectivity index (χ1n) is 25.9. The first-order valence-corrected chi connectivity index (χ1v) is 25.9. The maximum absolute atomic E-state index is 15.7. The molecule has 0 aliphatic heterocycles. The van der Waals surface area contributed by atoms with E-state index in [0.717, 1.165) is 0 Å². The van der Waals surface area contributed by atoms with Crippen LogP contribution in [-0.4, -0.2) is 10.2 Å². The minimum Gasteiger partial charge on any atom is -0.506 e. The van der Waals surface area contributed by atoms with E-state index in [0.29, 0.717) is 33.4 Å². The molecule has 0 amide bonds. The fourth-order valence-corrected chi connectivity index (χ4v) is 9.94. The quantitative estimate of drug-likeness (QED) is 0.139. The van der Waals surface area contributed by atoms with E-state index in [1.807, 2.05) is 125 Å². The van der Waals surface area contributed by atoms with Crippen molar-refractivity contribution in [1.29, 1.82) is 0 Å². The van der Waals surface area contributed by atoms with Gasteiger partial charge in [-0.05, 0) is 139 Å². The Balaban J connectivity index is 1.76. The molecule has 76 heavy (non-hydrogen) atoms. The fourth-order valence-electron chi connectivity index (χ4n) is 9.94. The Labute approximate surface area is 440 Å². The number of rotatable bonds is 0. The highest BCUT2D eigenvalue weighted by atomic mass is 16.3. The highest BCUT2D eigenvalue weighted by Gasteiger charge is 2.28. The predicted octanol–water partition coefficient (Wildman–Crippen LogP) is 14.0. The molecule has 6 aromatic carbocycles. The molecule has 0 fully saturated rings. The lowest BCUT2D eigenvalue weighted by Gasteiger charge is -2.22. The van der Waals surface area contributed by atoms with Crippen molar-refractivity contribution in [3.8, 4) is 11.5 Å². The summed E-state index contributed by atoms with van der Waals surface area (Å²) in [5, 5.41) is 23.9. The molecule has 0 aliphatic carbocycles. The first-order chi connectivity index (χ1) is 34.8. The highest BCUT2D eigenvalue weighted by Crippen LogP contribution is 2.38. The van der Waals surface area contributed by atoms with Gasteiger partial charge in [0.15, 0.2) is 0 Å². The van der Waals surface area contributed by atoms with Gasteiger partial charge in [-0.3, -0.25) is 28.8 Å². The fraction of sp³-hybridized carbons (Fsp3) is 0.364. The smallest absolute Gasteiger partial charge is 0.200 e. The maximum atomic E-state index is 15.7. The van der Waals surface area contributed by atoms with E-state index >= 15 is 28.8 Å². The Kier molecular flexibility index (Phi) is 12.0. The van der Waals surface area contributed by atoms with Gasteiger partial charge in [-0.1, -0.05) is 125 Å². The van der Waals surface area contributed by atoms with Crippen LogP contribution >= 0.6 is 0 Å². The monoisotopic (exact) mass is 1020 g/mol. The summed E-state index contributed by atoms with van der Waals surface area (Å²) in [5.41, 5.74) is -5.36. The third-order valence-corrected chi connectivity index (χ3v) is 15.1. The molecule has 0 aliphatic rings. The minimum atomic E-state index is -0.770. The van der Waals surface area contributed by atoms with E-state index in [2.05, 4.69) is 0 Å². The summed E-state index contributed by atoms with van der Waals surface area (Å²) in [6.07, 6.45) is 0. The Morgan fingerprint density at radius 3 is 0.487 bits per heavy atom. The van der Waals surface area contributed by atoms with Crippen molar-refractivity contribution < 1.29 is 19.0 Å². The molecule has 8 bridgehead atoms. The van der Waals surface area contributed by atoms with Crippen LogP contribution in [0.15, 0.2) is 110 Å². The molecule has 9 rings (SSSR count). The van der Waals surface area contributed by atoms with E-state index in [9.17, 15) is 10.2 Å². The van der Waals surface area contributed by atoms with Crippen LogP contribution in [-0.2, 0) is 32.5 Å². The second-order valence-electron chi connectivity index (χ2n) is 27.1. The van der Waals surface area contributed by atoms with Crippen LogP contribution in [0.25, 0.3) is 87.0 Å². The van der Waals surface area contributed by atoms with Gasteiger partial charge in [-0.25, -0.2) is 0 Å². The van der Waals surface area contributed by atoms with Crippen LogP contribution in [0.4, 0.5) is 0 Å². The van der Waals surface area contributed by atoms with E-state index in [-0.39, 0.29) is 87.0 Å². The summed E-state index contributed by atoms with van der Waals surface area (Å²) < 4.78 is 13.7. The Hall–Kier alpha value is -7.46. The zero-order valence-corrected chi connectivity index (χ0v) is 47.1. The van der Waals surface area contributed by atoms with Crippen LogP contribution in [0.2, 0.25) is 0 Å². The van der Waals surface area contributed by atoms with Gasteiger partial charge >= 0.3 is 0 Å². The van der Waals surface area contributed by atoms with E-state index in [1.54, 1.807) is 48.5 Å². The largest absolute Gasteiger partial charge is 0.506 e. The van der Waals surface area contributed by atoms with Gasteiger partial charge in [0.05, 0.1) is 64.6 Å². The molecule has 10 heteroatoms. The lowest BCUT2D eigenvalue weighted by Crippen LogP contribution is -2.17. The van der Waals surface area contributed by atoms with Gasteiger partial charge in [-0.15, -0.1) is 0 Å². The zero-order valence-electron chi connectivity index (χ0n) is 47.1. The SMILES string of the molecule is CC(C)(C)c1cc2c(O)c(c1)c(=O)c1cc(C(C)(C)C)cc3c(=O)c4cc(C(C)(C)C)cc(c(=O)c5cc(C(C)(C)C)cc(c5O)c(=O)c5cc(C(C)(C)C)cc6c(=O)c7cc(C(C)(C)C)cc(c2=O)c7oc56)c4oc13. The van der Waals surface area contributed by atoms with Crippen molar-refractivity contribution in [3.05, 3.63) is 168 Å². The third kappa shape index (κ3) is 8.77. The molecule has 0 atom stereocenters. The van der Waals surface area contributed by atoms with Crippen LogP contribution in [0.3, 0.4) is 0 Å². The van der Waals surface area contributed by atoms with Crippen molar-refractivity contribution in [2.45, 2.75) is 157 Å². The van der Waals surface area contributed by atoms with Crippen molar-refractivity contribution in [3.63, 3.8) is 0 Å². The molecular weight excluding hydrogens is 953 g/mol. The molecule has 0 spiro atoms. The average molecular weight is 1020 g/mol. The molecule has 3 heterocycles. The van der Waals surface area contributed by atoms with Crippen LogP contribution in [0, 0.1) is 0 Å². The Morgan fingerprint density at radius 1 is 0.237 bits per heavy atom. The van der Waals surface area contributed by atoms with Crippen LogP contribution < -0.4 is 32.6 Å². The third-order valence-electron chi connectivity index (χ3n) is 15.1. The second-order valence-corrected chi connectivity index (χ2v) is 27.1. The van der Waals surface area contributed by atoms with Crippen molar-refractivity contribution in [1.82, 2.24) is 0 Å². The number of hydrogen-bond acceptors (Lipinski definition) is 10. The zero-order chi connectivity index (χ0) is 56.2. The summed E-state index contributed by atoms with van der Waals surface area (Å²) in [4.78, 5) is 93.7. The summed E-state index contributed by atoms with van der Waals surface area (Å²) in [6, 6.07) is 19.3. The number of aromatic hydroxyl groups is 2. The summed E-state index contributed by atoms with van der Waals surface area (Å²) >= 11 is 0. The molecule has 0 saturated carbocycles. The summed E-state index contributed by atoms with van der Waals surface area (Å²) in [6.45, 7) is 34.6. The van der Waals surface area contributed by atoms with E-state index in [1.165, 1.54) is 24.3 Å². The van der Waals surface area contributed by atoms with Crippen molar-refractivity contribution in [2.24, 2.45) is 0 Å². The summed E-state index contributed by atoms with van der Waals surface area (Å²) in [5.74, 6) is -1.32. The predicted molar refractivity (Wildman–Crippen MR) is 313 cm³/mol. The van der Waals surface area contributed by atoms with Gasteiger partial charge in [0.1, 0.15) is 33.8 Å². The molecule has 392 valence electrons. The lowest BCUT2D eigenvalue weighted by atomic mass is 9.83. The van der Waals surface area contributed by atoms with Crippen molar-refractivity contribution >= 4 is 87.0 Å². The number of fused-ring (bicyclic) bond motifs is 4. The van der Waals surface area contributed by atoms with Crippen LogP contribution in [0.1, 0.15) is 158 Å². The molecule has 9 aromatic rings. The molecular formula is C66H68O10. The molecule has 0 saturated heterocycles. The average Bonchev–Trinajstić information content (AvgIpc) is 3.31. The van der Waals surface area contributed by atoms with Gasteiger partial charge in [0.2, 0.25) is 32.6 Å². The van der Waals surface area contributed by atoms with Gasteiger partial charge < -0.3 is 19.0 Å². The van der Waals surface area contributed by atoms with Crippen molar-refractivity contribution in [2.75, 3.05) is 0 Å². The topological polar surface area (TPSA) is 169 Å². The number of phenols is 2. The number of benzene rings is 6. The molecule has 0 radical (unpaired) electrons. The van der Waals surface area contributed by atoms with Gasteiger partial charge in [-0.2, -0.15) is 0 Å². The van der Waals surface area contributed by atoms with E-state index < -0.39 is 76.6 Å². The second kappa shape index (κ2) is 17.0. The minimum absolute atomic E-state index is 0.0446. The Bertz CT molecular complexity index is 3980. The first kappa shape index (κ1) is 53.4. The van der Waals surface area contributed by atoms with Gasteiger partial charge in [0.25, 0.3) is 0 Å². The summed E-state index contributed by atoms with van der Waals surface area (Å²) in [7, 11) is 0. The normalized spacial score (nSPS) is 13.3. The van der Waals surface area contributed by atoms with Gasteiger partial charge in [0, 0.05) is 0 Å². The molecule has 3 aromatic heterocycles. The molecule has 0 unspecified atom stereocenters. The highest BCUT2D eigenvalue weighted by molar-refractivity contribution is 6.08. The van der Waals surface area contributed by atoms with Crippen LogP contribution in [0.5, 0.6) is 11.5 Å². The number of hydrogen-bond donors (Lipinski definition) is 2. The molecule has 10 nitrogen and oxygen atoms in total. The van der Waals surface area contributed by atoms with E-state index in [4.69, 9.17) is 8.83 Å². The number of phenolic OH excluding ortho intramolecular Hbond substituents is 2. The lowest BCUT2D eigenvalue weighted by molar-refractivity contribution is 0.485. The molecule has 2 N–H and O–H groups in total. The maximum Gasteiger partial charge on any atom is 0.200 e.